The molecule has 0 aliphatic rings. The van der Waals surface area contributed by atoms with E-state index in [0.29, 0.717) is 10.9 Å². The summed E-state index contributed by atoms with van der Waals surface area (Å²) in [4.78, 5) is 3.18. The molecule has 0 spiro atoms. The molecule has 0 saturated heterocycles. The highest BCUT2D eigenvalue weighted by Gasteiger charge is 2.30. The highest BCUT2D eigenvalue weighted by atomic mass is 19.4. The number of fused-ring (bicyclic) bond motifs is 1. The van der Waals surface area contributed by atoms with Gasteiger partial charge in [0.2, 0.25) is 0 Å². The van der Waals surface area contributed by atoms with Crippen LogP contribution in [-0.2, 0) is 11.6 Å². The van der Waals surface area contributed by atoms with E-state index in [2.05, 4.69) is 37.9 Å². The summed E-state index contributed by atoms with van der Waals surface area (Å²) >= 11 is 0. The number of halogens is 3. The topological polar surface area (TPSA) is 15.8 Å². The fraction of sp³-hybridized carbons (Fsp3) is 0.263. The maximum absolute atomic E-state index is 12.8. The molecule has 0 atom stereocenters. The SMILES string of the molecule is CC(C)(C)c1ccc(-c2cc3cc(C(F)(F)F)ccc3[nH]2)cc1. The number of aromatic amines is 1. The summed E-state index contributed by atoms with van der Waals surface area (Å²) < 4.78 is 38.4. The van der Waals surface area contributed by atoms with Gasteiger partial charge in [0.25, 0.3) is 0 Å². The lowest BCUT2D eigenvalue weighted by atomic mass is 9.86. The van der Waals surface area contributed by atoms with Gasteiger partial charge in [-0.25, -0.2) is 0 Å². The van der Waals surface area contributed by atoms with E-state index in [-0.39, 0.29) is 5.41 Å². The van der Waals surface area contributed by atoms with E-state index in [4.69, 9.17) is 0 Å². The molecule has 1 heterocycles. The molecule has 0 bridgehead atoms. The summed E-state index contributed by atoms with van der Waals surface area (Å²) in [5.74, 6) is 0. The molecular formula is C19H18F3N. The van der Waals surface area contributed by atoms with Gasteiger partial charge in [0.05, 0.1) is 5.56 Å². The lowest BCUT2D eigenvalue weighted by Crippen LogP contribution is -2.10. The van der Waals surface area contributed by atoms with Gasteiger partial charge in [-0.05, 0) is 40.8 Å². The number of rotatable bonds is 1. The fourth-order valence-corrected chi connectivity index (χ4v) is 2.61. The van der Waals surface area contributed by atoms with Crippen molar-refractivity contribution in [2.24, 2.45) is 0 Å². The molecule has 120 valence electrons. The third-order valence-corrected chi connectivity index (χ3v) is 4.01. The predicted molar refractivity (Wildman–Crippen MR) is 87.4 cm³/mol. The highest BCUT2D eigenvalue weighted by Crippen LogP contribution is 2.33. The number of aromatic nitrogens is 1. The molecule has 0 unspecified atom stereocenters. The van der Waals surface area contributed by atoms with Crippen LogP contribution in [0.1, 0.15) is 31.9 Å². The first-order valence-electron chi connectivity index (χ1n) is 7.45. The molecule has 23 heavy (non-hydrogen) atoms. The van der Waals surface area contributed by atoms with Crippen LogP contribution in [0.3, 0.4) is 0 Å². The Morgan fingerprint density at radius 2 is 1.39 bits per heavy atom. The summed E-state index contributed by atoms with van der Waals surface area (Å²) in [5, 5.41) is 0.565. The third-order valence-electron chi connectivity index (χ3n) is 4.01. The Morgan fingerprint density at radius 1 is 0.783 bits per heavy atom. The fourth-order valence-electron chi connectivity index (χ4n) is 2.61. The molecule has 1 aromatic heterocycles. The van der Waals surface area contributed by atoms with Gasteiger partial charge >= 0.3 is 6.18 Å². The minimum Gasteiger partial charge on any atom is -0.355 e. The number of hydrogen-bond donors (Lipinski definition) is 1. The van der Waals surface area contributed by atoms with Crippen LogP contribution in [0.5, 0.6) is 0 Å². The Labute approximate surface area is 133 Å². The second-order valence-corrected chi connectivity index (χ2v) is 6.81. The van der Waals surface area contributed by atoms with Crippen LogP contribution in [0, 0.1) is 0 Å². The van der Waals surface area contributed by atoms with Crippen molar-refractivity contribution in [3.63, 3.8) is 0 Å². The molecule has 3 rings (SSSR count). The zero-order valence-electron chi connectivity index (χ0n) is 13.3. The van der Waals surface area contributed by atoms with E-state index in [1.54, 1.807) is 6.07 Å². The number of benzene rings is 2. The van der Waals surface area contributed by atoms with Crippen LogP contribution in [0.15, 0.2) is 48.5 Å². The molecule has 0 aliphatic heterocycles. The van der Waals surface area contributed by atoms with E-state index in [9.17, 15) is 13.2 Å². The van der Waals surface area contributed by atoms with Gasteiger partial charge in [0.15, 0.2) is 0 Å². The summed E-state index contributed by atoms with van der Waals surface area (Å²) in [6.45, 7) is 6.43. The Morgan fingerprint density at radius 3 is 1.96 bits per heavy atom. The first kappa shape index (κ1) is 15.7. The van der Waals surface area contributed by atoms with Crippen LogP contribution in [0.25, 0.3) is 22.2 Å². The van der Waals surface area contributed by atoms with Crippen molar-refractivity contribution >= 4 is 10.9 Å². The van der Waals surface area contributed by atoms with Gasteiger partial charge in [-0.1, -0.05) is 45.0 Å². The van der Waals surface area contributed by atoms with Crippen molar-refractivity contribution in [2.45, 2.75) is 32.4 Å². The zero-order chi connectivity index (χ0) is 16.8. The Hall–Kier alpha value is -2.23. The predicted octanol–water partition coefficient (Wildman–Crippen LogP) is 6.15. The van der Waals surface area contributed by atoms with E-state index < -0.39 is 11.7 Å². The molecule has 2 aromatic carbocycles. The van der Waals surface area contributed by atoms with Crippen LogP contribution in [0.2, 0.25) is 0 Å². The summed E-state index contributed by atoms with van der Waals surface area (Å²) in [6, 6.07) is 13.6. The van der Waals surface area contributed by atoms with Gasteiger partial charge in [-0.15, -0.1) is 0 Å². The summed E-state index contributed by atoms with van der Waals surface area (Å²) in [5.41, 5.74) is 3.14. The molecule has 1 N–H and O–H groups in total. The van der Waals surface area contributed by atoms with Crippen molar-refractivity contribution in [2.75, 3.05) is 0 Å². The van der Waals surface area contributed by atoms with E-state index in [1.165, 1.54) is 17.7 Å². The molecule has 3 aromatic rings. The van der Waals surface area contributed by atoms with Crippen LogP contribution in [0.4, 0.5) is 13.2 Å². The summed E-state index contributed by atoms with van der Waals surface area (Å²) in [6.07, 6.45) is -4.32. The summed E-state index contributed by atoms with van der Waals surface area (Å²) in [7, 11) is 0. The largest absolute Gasteiger partial charge is 0.416 e. The number of nitrogens with one attached hydrogen (secondary N) is 1. The van der Waals surface area contributed by atoms with Crippen molar-refractivity contribution in [1.29, 1.82) is 0 Å². The Balaban J connectivity index is 2.00. The van der Waals surface area contributed by atoms with Crippen molar-refractivity contribution in [3.05, 3.63) is 59.7 Å². The van der Waals surface area contributed by atoms with Gasteiger partial charge in [-0.2, -0.15) is 13.2 Å². The normalized spacial score (nSPS) is 12.8. The van der Waals surface area contributed by atoms with E-state index >= 15 is 0 Å². The first-order valence-corrected chi connectivity index (χ1v) is 7.45. The van der Waals surface area contributed by atoms with Crippen LogP contribution >= 0.6 is 0 Å². The van der Waals surface area contributed by atoms with Crippen LogP contribution < -0.4 is 0 Å². The van der Waals surface area contributed by atoms with E-state index in [1.807, 2.05) is 12.1 Å². The molecule has 0 saturated carbocycles. The average molecular weight is 317 g/mol. The van der Waals surface area contributed by atoms with E-state index in [0.717, 1.165) is 17.3 Å². The quantitative estimate of drug-likeness (QED) is 0.554. The molecule has 0 aliphatic carbocycles. The van der Waals surface area contributed by atoms with Gasteiger partial charge < -0.3 is 4.98 Å². The Bertz CT molecular complexity index is 834. The number of hydrogen-bond acceptors (Lipinski definition) is 0. The smallest absolute Gasteiger partial charge is 0.355 e. The minimum atomic E-state index is -4.32. The number of alkyl halides is 3. The highest BCUT2D eigenvalue weighted by molar-refractivity contribution is 5.86. The molecule has 0 amide bonds. The minimum absolute atomic E-state index is 0.0700. The monoisotopic (exact) mass is 317 g/mol. The molecule has 0 radical (unpaired) electrons. The van der Waals surface area contributed by atoms with Gasteiger partial charge in [0, 0.05) is 16.6 Å². The zero-order valence-corrected chi connectivity index (χ0v) is 13.3. The van der Waals surface area contributed by atoms with Gasteiger partial charge in [0.1, 0.15) is 0 Å². The maximum atomic E-state index is 12.8. The Kier molecular flexibility index (Phi) is 3.51. The first-order chi connectivity index (χ1) is 10.6. The van der Waals surface area contributed by atoms with Crippen LogP contribution in [-0.4, -0.2) is 4.98 Å². The molecular weight excluding hydrogens is 299 g/mol. The average Bonchev–Trinajstić information content (AvgIpc) is 2.88. The van der Waals surface area contributed by atoms with Crippen molar-refractivity contribution in [3.8, 4) is 11.3 Å². The van der Waals surface area contributed by atoms with Crippen molar-refractivity contribution < 1.29 is 13.2 Å². The molecule has 1 nitrogen and oxygen atoms in total. The number of H-pyrrole nitrogens is 1. The van der Waals surface area contributed by atoms with Gasteiger partial charge in [-0.3, -0.25) is 0 Å². The second-order valence-electron chi connectivity index (χ2n) is 6.81. The third kappa shape index (κ3) is 3.11. The molecule has 0 fully saturated rings. The lowest BCUT2D eigenvalue weighted by Gasteiger charge is -2.19. The molecule has 4 heteroatoms. The lowest BCUT2D eigenvalue weighted by molar-refractivity contribution is -0.137. The van der Waals surface area contributed by atoms with Crippen molar-refractivity contribution in [1.82, 2.24) is 4.98 Å². The second kappa shape index (κ2) is 5.15. The maximum Gasteiger partial charge on any atom is 0.416 e. The standard InChI is InChI=1S/C19H18F3N/c1-18(2,3)14-6-4-12(5-7-14)17-11-13-10-15(19(20,21)22)8-9-16(13)23-17/h4-11,23H,1-3H3.